The van der Waals surface area contributed by atoms with Gasteiger partial charge in [0.05, 0.1) is 5.92 Å². The van der Waals surface area contributed by atoms with Crippen molar-refractivity contribution in [1.82, 2.24) is 25.0 Å². The molecule has 2 aliphatic heterocycles. The van der Waals surface area contributed by atoms with Gasteiger partial charge in [-0.25, -0.2) is 0 Å². The van der Waals surface area contributed by atoms with Crippen LogP contribution in [0.1, 0.15) is 31.1 Å². The molecule has 0 aliphatic carbocycles. The van der Waals surface area contributed by atoms with Crippen LogP contribution >= 0.6 is 0 Å². The summed E-state index contributed by atoms with van der Waals surface area (Å²) in [6.45, 7) is 4.61. The van der Waals surface area contributed by atoms with Crippen LogP contribution in [0, 0.1) is 0 Å². The van der Waals surface area contributed by atoms with E-state index in [1.807, 2.05) is 12.1 Å². The van der Waals surface area contributed by atoms with Gasteiger partial charge in [0.25, 0.3) is 0 Å². The summed E-state index contributed by atoms with van der Waals surface area (Å²) in [5, 5.41) is 8.50. The van der Waals surface area contributed by atoms with E-state index in [1.54, 1.807) is 12.4 Å². The van der Waals surface area contributed by atoms with E-state index >= 15 is 0 Å². The van der Waals surface area contributed by atoms with Crippen molar-refractivity contribution >= 4 is 0 Å². The lowest BCUT2D eigenvalue weighted by molar-refractivity contribution is 0.141. The first-order valence-electron chi connectivity index (χ1n) is 8.46. The number of hydrogen-bond acceptors (Lipinski definition) is 6. The average Bonchev–Trinajstić information content (AvgIpc) is 3.26. The molecule has 4 rings (SSSR count). The van der Waals surface area contributed by atoms with Gasteiger partial charge in [-0.05, 0) is 58.1 Å². The van der Waals surface area contributed by atoms with E-state index in [-0.39, 0.29) is 0 Å². The smallest absolute Gasteiger partial charge is 0.247 e. The van der Waals surface area contributed by atoms with Gasteiger partial charge in [-0.1, -0.05) is 0 Å². The molecule has 122 valence electrons. The van der Waals surface area contributed by atoms with Crippen molar-refractivity contribution < 1.29 is 4.42 Å². The van der Waals surface area contributed by atoms with E-state index in [0.29, 0.717) is 11.8 Å². The SMILES string of the molecule is CN1CCC(N2CC[C@H](c3nnc(-c4ccncc4)o3)C2)CC1. The minimum atomic E-state index is 0.373. The molecule has 0 radical (unpaired) electrons. The number of aromatic nitrogens is 3. The quantitative estimate of drug-likeness (QED) is 0.864. The topological polar surface area (TPSA) is 58.3 Å². The number of pyridine rings is 1. The highest BCUT2D eigenvalue weighted by Gasteiger charge is 2.33. The number of hydrogen-bond donors (Lipinski definition) is 0. The predicted octanol–water partition coefficient (Wildman–Crippen LogP) is 2.02. The summed E-state index contributed by atoms with van der Waals surface area (Å²) in [5.74, 6) is 1.75. The Morgan fingerprint density at radius 3 is 2.61 bits per heavy atom. The van der Waals surface area contributed by atoms with Crippen molar-refractivity contribution in [2.45, 2.75) is 31.2 Å². The van der Waals surface area contributed by atoms with Crippen LogP contribution in [0.4, 0.5) is 0 Å². The molecular formula is C17H23N5O. The summed E-state index contributed by atoms with van der Waals surface area (Å²) >= 11 is 0. The Hall–Kier alpha value is -1.79. The normalized spacial score (nSPS) is 24.3. The van der Waals surface area contributed by atoms with E-state index in [2.05, 4.69) is 32.0 Å². The maximum Gasteiger partial charge on any atom is 0.247 e. The van der Waals surface area contributed by atoms with Crippen LogP contribution < -0.4 is 0 Å². The molecule has 1 atom stereocenters. The first-order chi connectivity index (χ1) is 11.3. The molecule has 2 fully saturated rings. The Morgan fingerprint density at radius 1 is 1.04 bits per heavy atom. The molecule has 2 aliphatic rings. The molecule has 6 nitrogen and oxygen atoms in total. The molecule has 0 unspecified atom stereocenters. The molecule has 2 aromatic heterocycles. The number of likely N-dealkylation sites (tertiary alicyclic amines) is 2. The van der Waals surface area contributed by atoms with Crippen LogP contribution in [0.2, 0.25) is 0 Å². The maximum atomic E-state index is 5.92. The van der Waals surface area contributed by atoms with Crippen LogP contribution in [0.25, 0.3) is 11.5 Å². The van der Waals surface area contributed by atoms with Crippen LogP contribution in [0.15, 0.2) is 28.9 Å². The first-order valence-corrected chi connectivity index (χ1v) is 8.46. The minimum Gasteiger partial charge on any atom is -0.420 e. The lowest BCUT2D eigenvalue weighted by Crippen LogP contribution is -2.42. The fourth-order valence-electron chi connectivity index (χ4n) is 3.69. The van der Waals surface area contributed by atoms with Crippen LogP contribution in [-0.4, -0.2) is 64.2 Å². The first kappa shape index (κ1) is 14.8. The lowest BCUT2D eigenvalue weighted by Gasteiger charge is -2.35. The molecule has 0 amide bonds. The fraction of sp³-hybridized carbons (Fsp3) is 0.588. The van der Waals surface area contributed by atoms with Crippen LogP contribution in [0.3, 0.4) is 0 Å². The minimum absolute atomic E-state index is 0.373. The standard InChI is InChI=1S/C17H23N5O/c1-21-9-5-15(6-10-21)22-11-4-14(12-22)17-20-19-16(23-17)13-2-7-18-8-3-13/h2-3,7-8,14-15H,4-6,9-12H2,1H3/t14-/m0/s1. The zero-order chi connectivity index (χ0) is 15.6. The highest BCUT2D eigenvalue weighted by atomic mass is 16.4. The van der Waals surface area contributed by atoms with Crippen LogP contribution in [-0.2, 0) is 0 Å². The van der Waals surface area contributed by atoms with Gasteiger partial charge in [-0.3, -0.25) is 9.88 Å². The van der Waals surface area contributed by atoms with Crippen molar-refractivity contribution in [2.24, 2.45) is 0 Å². The van der Waals surface area contributed by atoms with E-state index < -0.39 is 0 Å². The van der Waals surface area contributed by atoms with E-state index in [9.17, 15) is 0 Å². The molecule has 23 heavy (non-hydrogen) atoms. The third-order valence-electron chi connectivity index (χ3n) is 5.14. The van der Waals surface area contributed by atoms with Gasteiger partial charge in [0.2, 0.25) is 11.8 Å². The van der Waals surface area contributed by atoms with Gasteiger partial charge in [-0.2, -0.15) is 0 Å². The molecular weight excluding hydrogens is 290 g/mol. The average molecular weight is 313 g/mol. The third kappa shape index (κ3) is 3.14. The number of nitrogens with zero attached hydrogens (tertiary/aromatic N) is 5. The Bertz CT molecular complexity index is 635. The highest BCUT2D eigenvalue weighted by molar-refractivity contribution is 5.50. The summed E-state index contributed by atoms with van der Waals surface area (Å²) in [6, 6.07) is 4.52. The number of rotatable bonds is 3. The molecule has 0 N–H and O–H groups in total. The van der Waals surface area contributed by atoms with Gasteiger partial charge in [0, 0.05) is 30.5 Å². The second-order valence-corrected chi connectivity index (χ2v) is 6.70. The Kier molecular flexibility index (Phi) is 4.10. The molecule has 6 heteroatoms. The molecule has 2 aromatic rings. The van der Waals surface area contributed by atoms with Crippen molar-refractivity contribution in [1.29, 1.82) is 0 Å². The zero-order valence-electron chi connectivity index (χ0n) is 13.6. The van der Waals surface area contributed by atoms with Gasteiger partial charge in [-0.15, -0.1) is 10.2 Å². The monoisotopic (exact) mass is 313 g/mol. The summed E-state index contributed by atoms with van der Waals surface area (Å²) in [6.07, 6.45) is 7.15. The van der Waals surface area contributed by atoms with Crippen LogP contribution in [0.5, 0.6) is 0 Å². The molecule has 0 aromatic carbocycles. The van der Waals surface area contributed by atoms with Gasteiger partial charge < -0.3 is 9.32 Å². The van der Waals surface area contributed by atoms with Crippen molar-refractivity contribution in [3.8, 4) is 11.5 Å². The van der Waals surface area contributed by atoms with Crippen molar-refractivity contribution in [3.63, 3.8) is 0 Å². The lowest BCUT2D eigenvalue weighted by atomic mass is 10.0. The Morgan fingerprint density at radius 2 is 1.83 bits per heavy atom. The van der Waals surface area contributed by atoms with E-state index in [0.717, 1.165) is 37.0 Å². The van der Waals surface area contributed by atoms with Gasteiger partial charge >= 0.3 is 0 Å². The summed E-state index contributed by atoms with van der Waals surface area (Å²) in [4.78, 5) is 9.06. The number of piperidine rings is 1. The maximum absolute atomic E-state index is 5.92. The van der Waals surface area contributed by atoms with E-state index in [4.69, 9.17) is 4.42 Å². The molecule has 4 heterocycles. The zero-order valence-corrected chi connectivity index (χ0v) is 13.6. The van der Waals surface area contributed by atoms with E-state index in [1.165, 1.54) is 25.9 Å². The Labute approximate surface area is 136 Å². The summed E-state index contributed by atoms with van der Waals surface area (Å²) in [7, 11) is 2.21. The van der Waals surface area contributed by atoms with Crippen molar-refractivity contribution in [2.75, 3.05) is 33.2 Å². The molecule has 2 saturated heterocycles. The molecule has 0 spiro atoms. The fourth-order valence-corrected chi connectivity index (χ4v) is 3.69. The predicted molar refractivity (Wildman–Crippen MR) is 87.0 cm³/mol. The highest BCUT2D eigenvalue weighted by Crippen LogP contribution is 2.31. The summed E-state index contributed by atoms with van der Waals surface area (Å²) in [5.41, 5.74) is 0.934. The Balaban J connectivity index is 1.41. The second kappa shape index (κ2) is 6.37. The van der Waals surface area contributed by atoms with Gasteiger partial charge in [0.15, 0.2) is 0 Å². The second-order valence-electron chi connectivity index (χ2n) is 6.70. The molecule has 0 saturated carbocycles. The third-order valence-corrected chi connectivity index (χ3v) is 5.14. The molecule has 0 bridgehead atoms. The van der Waals surface area contributed by atoms with Gasteiger partial charge in [0.1, 0.15) is 0 Å². The van der Waals surface area contributed by atoms with Crippen molar-refractivity contribution in [3.05, 3.63) is 30.4 Å². The summed E-state index contributed by atoms with van der Waals surface area (Å²) < 4.78 is 5.92. The largest absolute Gasteiger partial charge is 0.420 e.